The number of amides is 1. The zero-order chi connectivity index (χ0) is 15.9. The maximum absolute atomic E-state index is 11.3. The number of nitrogens with one attached hydrogen (secondary N) is 2. The minimum absolute atomic E-state index is 0. The van der Waals surface area contributed by atoms with Crippen molar-refractivity contribution < 1.29 is 45.9 Å². The summed E-state index contributed by atoms with van der Waals surface area (Å²) < 4.78 is 24.8. The molecule has 21 heavy (non-hydrogen) atoms. The SMILES string of the molecule is CC(C)=C(C)C([NH-])=O.CNS(=O)(=O)c1c[c-]ccc1C.[Y]. The molecule has 0 aliphatic rings. The quantitative estimate of drug-likeness (QED) is 0.641. The molecule has 0 aromatic heterocycles. The molecule has 0 fully saturated rings. The number of allylic oxidation sites excluding steroid dienone is 1. The van der Waals surface area contributed by atoms with E-state index >= 15 is 0 Å². The topological polar surface area (TPSA) is 87.0 Å². The number of benzene rings is 1. The molecule has 7 heteroatoms. The summed E-state index contributed by atoms with van der Waals surface area (Å²) in [5.74, 6) is -0.579. The number of carbonyl (C=O) groups is 1. The number of rotatable bonds is 3. The smallest absolute Gasteiger partial charge is 0.193 e. The van der Waals surface area contributed by atoms with Crippen molar-refractivity contribution in [2.75, 3.05) is 7.05 Å². The van der Waals surface area contributed by atoms with Gasteiger partial charge in [0.1, 0.15) is 0 Å². The molecule has 0 saturated carbocycles. The van der Waals surface area contributed by atoms with E-state index in [0.717, 1.165) is 11.1 Å². The van der Waals surface area contributed by atoms with Crippen LogP contribution in [0, 0.1) is 13.0 Å². The Labute approximate surface area is 152 Å². The standard InChI is InChI=1S/C8H10NO2S.C6H11NO.Y/c1-7-5-3-4-6-8(7)12(10,11)9-2;1-4(2)5(3)6(7)8;/h3,5-6,9H,1-2H3;1-3H3,(H2,7,8);/q-1;;/p-1. The molecular formula is C14H20N2O3SY-2. The molecule has 0 bridgehead atoms. The summed E-state index contributed by atoms with van der Waals surface area (Å²) >= 11 is 0. The van der Waals surface area contributed by atoms with E-state index in [1.807, 2.05) is 13.8 Å². The number of sulfonamides is 1. The molecule has 1 aromatic rings. The second kappa shape index (κ2) is 10.2. The Morgan fingerprint density at radius 2 is 1.81 bits per heavy atom. The van der Waals surface area contributed by atoms with Crippen LogP contribution in [0.2, 0.25) is 0 Å². The molecule has 1 aromatic carbocycles. The van der Waals surface area contributed by atoms with Gasteiger partial charge in [-0.05, 0) is 38.3 Å². The third-order valence-electron chi connectivity index (χ3n) is 2.68. The van der Waals surface area contributed by atoms with Crippen molar-refractivity contribution >= 4 is 15.9 Å². The molecule has 115 valence electrons. The number of aryl methyl sites for hydroxylation is 1. The van der Waals surface area contributed by atoms with Gasteiger partial charge in [0.25, 0.3) is 0 Å². The van der Waals surface area contributed by atoms with Crippen LogP contribution >= 0.6 is 0 Å². The summed E-state index contributed by atoms with van der Waals surface area (Å²) in [5.41, 5.74) is 8.81. The van der Waals surface area contributed by atoms with Crippen LogP contribution in [0.1, 0.15) is 26.3 Å². The van der Waals surface area contributed by atoms with Gasteiger partial charge in [0.15, 0.2) is 10.0 Å². The fourth-order valence-electron chi connectivity index (χ4n) is 1.12. The molecule has 1 radical (unpaired) electrons. The molecule has 0 saturated heterocycles. The monoisotopic (exact) mass is 385 g/mol. The fourth-order valence-corrected chi connectivity index (χ4v) is 2.05. The first-order valence-electron chi connectivity index (χ1n) is 5.93. The van der Waals surface area contributed by atoms with Crippen LogP contribution in [-0.4, -0.2) is 21.4 Å². The number of hydrogen-bond acceptors (Lipinski definition) is 3. The average Bonchev–Trinajstić information content (AvgIpc) is 2.38. The van der Waals surface area contributed by atoms with Gasteiger partial charge in [0.05, 0.1) is 5.91 Å². The van der Waals surface area contributed by atoms with E-state index in [-0.39, 0.29) is 37.6 Å². The molecule has 0 spiro atoms. The predicted molar refractivity (Wildman–Crippen MR) is 79.6 cm³/mol. The molecular weight excluding hydrogens is 365 g/mol. The van der Waals surface area contributed by atoms with Crippen LogP contribution in [0.4, 0.5) is 0 Å². The van der Waals surface area contributed by atoms with Crippen molar-refractivity contribution in [1.82, 2.24) is 4.72 Å². The minimum atomic E-state index is -3.31. The van der Waals surface area contributed by atoms with Crippen molar-refractivity contribution in [3.8, 4) is 0 Å². The van der Waals surface area contributed by atoms with Gasteiger partial charge in [-0.1, -0.05) is 12.5 Å². The Balaban J connectivity index is 0. The van der Waals surface area contributed by atoms with Gasteiger partial charge in [-0.25, -0.2) is 13.1 Å². The number of hydrogen-bond donors (Lipinski definition) is 1. The van der Waals surface area contributed by atoms with Crippen LogP contribution in [0.15, 0.2) is 34.2 Å². The molecule has 5 nitrogen and oxygen atoms in total. The summed E-state index contributed by atoms with van der Waals surface area (Å²) in [6.07, 6.45) is 0. The van der Waals surface area contributed by atoms with Crippen LogP contribution in [0.5, 0.6) is 0 Å². The van der Waals surface area contributed by atoms with Crippen molar-refractivity contribution in [2.45, 2.75) is 32.6 Å². The fraction of sp³-hybridized carbons (Fsp3) is 0.357. The Morgan fingerprint density at radius 3 is 2.10 bits per heavy atom. The van der Waals surface area contributed by atoms with Gasteiger partial charge in [0.2, 0.25) is 0 Å². The van der Waals surface area contributed by atoms with Crippen molar-refractivity contribution in [2.24, 2.45) is 0 Å². The average molecular weight is 385 g/mol. The molecule has 1 rings (SSSR count). The minimum Gasteiger partial charge on any atom is -0.664 e. The van der Waals surface area contributed by atoms with Gasteiger partial charge in [-0.2, -0.15) is 24.3 Å². The van der Waals surface area contributed by atoms with E-state index < -0.39 is 15.9 Å². The molecule has 0 atom stereocenters. The van der Waals surface area contributed by atoms with Gasteiger partial charge in [-0.3, -0.25) is 0 Å². The van der Waals surface area contributed by atoms with Crippen molar-refractivity contribution in [1.29, 1.82) is 0 Å². The molecule has 0 aliphatic heterocycles. The Bertz CT molecular complexity index is 606. The zero-order valence-corrected chi connectivity index (χ0v) is 16.6. The van der Waals surface area contributed by atoms with Crippen molar-refractivity contribution in [3.05, 3.63) is 46.7 Å². The second-order valence-corrected chi connectivity index (χ2v) is 6.21. The van der Waals surface area contributed by atoms with E-state index in [1.54, 1.807) is 26.0 Å². The maximum Gasteiger partial charge on any atom is 0.193 e. The van der Waals surface area contributed by atoms with E-state index in [2.05, 4.69) is 10.8 Å². The second-order valence-electron chi connectivity index (χ2n) is 4.35. The predicted octanol–water partition coefficient (Wildman–Crippen LogP) is 2.62. The van der Waals surface area contributed by atoms with E-state index in [0.29, 0.717) is 5.57 Å². The molecule has 0 unspecified atom stereocenters. The molecule has 0 aliphatic carbocycles. The molecule has 0 heterocycles. The van der Waals surface area contributed by atoms with Crippen LogP contribution < -0.4 is 4.72 Å². The normalized spacial score (nSPS) is 9.76. The van der Waals surface area contributed by atoms with Crippen LogP contribution in [0.25, 0.3) is 5.73 Å². The van der Waals surface area contributed by atoms with Gasteiger partial charge < -0.3 is 10.5 Å². The summed E-state index contributed by atoms with van der Waals surface area (Å²) in [4.78, 5) is 10.5. The summed E-state index contributed by atoms with van der Waals surface area (Å²) in [5, 5.41) is 0. The first kappa shape index (κ1) is 22.7. The van der Waals surface area contributed by atoms with Crippen LogP contribution in [0.3, 0.4) is 0 Å². The zero-order valence-electron chi connectivity index (χ0n) is 12.9. The third kappa shape index (κ3) is 7.86. The largest absolute Gasteiger partial charge is 0.664 e. The maximum atomic E-state index is 11.3. The Kier molecular flexibility index (Phi) is 11.1. The van der Waals surface area contributed by atoms with E-state index in [9.17, 15) is 13.2 Å². The van der Waals surface area contributed by atoms with Crippen molar-refractivity contribution in [3.63, 3.8) is 0 Å². The van der Waals surface area contributed by atoms with Crippen LogP contribution in [-0.2, 0) is 47.5 Å². The summed E-state index contributed by atoms with van der Waals surface area (Å²) in [6, 6.07) is 7.58. The van der Waals surface area contributed by atoms with Gasteiger partial charge in [0, 0.05) is 32.7 Å². The Hall–Kier alpha value is -0.556. The summed E-state index contributed by atoms with van der Waals surface area (Å²) in [6.45, 7) is 7.05. The first-order valence-corrected chi connectivity index (χ1v) is 7.42. The molecule has 2 N–H and O–H groups in total. The van der Waals surface area contributed by atoms with Gasteiger partial charge >= 0.3 is 0 Å². The molecule has 1 amide bonds. The van der Waals surface area contributed by atoms with E-state index in [1.165, 1.54) is 13.1 Å². The first-order chi connectivity index (χ1) is 9.13. The summed E-state index contributed by atoms with van der Waals surface area (Å²) in [7, 11) is -1.92. The van der Waals surface area contributed by atoms with Gasteiger partial charge in [-0.15, -0.1) is 5.56 Å². The Morgan fingerprint density at radius 1 is 1.29 bits per heavy atom. The number of carbonyl (C=O) groups excluding carboxylic acids is 1. The van der Waals surface area contributed by atoms with E-state index in [4.69, 9.17) is 5.73 Å². The third-order valence-corrected chi connectivity index (χ3v) is 4.24.